The van der Waals surface area contributed by atoms with E-state index in [9.17, 15) is 18.0 Å². The van der Waals surface area contributed by atoms with Gasteiger partial charge in [-0.05, 0) is 37.1 Å². The minimum atomic E-state index is -4.38. The molecule has 7 heteroatoms. The number of carbonyl (C=O) groups is 1. The Kier molecular flexibility index (Phi) is 3.93. The minimum Gasteiger partial charge on any atom is -0.481 e. The summed E-state index contributed by atoms with van der Waals surface area (Å²) in [5.41, 5.74) is 2.86. The quantitative estimate of drug-likeness (QED) is 0.943. The van der Waals surface area contributed by atoms with E-state index < -0.39 is 18.6 Å². The third-order valence-electron chi connectivity index (χ3n) is 3.35. The van der Waals surface area contributed by atoms with Crippen LogP contribution in [0.2, 0.25) is 0 Å². The molecule has 0 atom stereocenters. The fourth-order valence-corrected chi connectivity index (χ4v) is 2.20. The highest BCUT2D eigenvalue weighted by molar-refractivity contribution is 5.78. The zero-order chi connectivity index (χ0) is 15.8. The van der Waals surface area contributed by atoms with Gasteiger partial charge in [-0.3, -0.25) is 4.79 Å². The Balaban J connectivity index is 2.54. The average molecular weight is 300 g/mol. The van der Waals surface area contributed by atoms with Crippen LogP contribution in [0.1, 0.15) is 23.4 Å². The molecule has 0 unspecified atom stereocenters. The Labute approximate surface area is 119 Å². The number of carboxylic acid groups (broad SMARTS) is 1. The number of benzene rings is 1. The van der Waals surface area contributed by atoms with Crippen molar-refractivity contribution in [2.24, 2.45) is 0 Å². The highest BCUT2D eigenvalue weighted by Crippen LogP contribution is 2.26. The maximum absolute atomic E-state index is 12.6. The van der Waals surface area contributed by atoms with Gasteiger partial charge in [0.25, 0.3) is 0 Å². The van der Waals surface area contributed by atoms with E-state index in [-0.39, 0.29) is 18.8 Å². The lowest BCUT2D eigenvalue weighted by Gasteiger charge is -2.10. The fraction of sp³-hybridized carbons (Fsp3) is 0.429. The SMILES string of the molecule is Cc1cc2nc(CC(F)(F)F)n(CCC(=O)O)c2cc1C. The molecular formula is C14H15F3N2O2. The number of imidazole rings is 1. The molecular weight excluding hydrogens is 285 g/mol. The van der Waals surface area contributed by atoms with Crippen LogP contribution in [-0.4, -0.2) is 26.8 Å². The summed E-state index contributed by atoms with van der Waals surface area (Å²) in [7, 11) is 0. The number of aliphatic carboxylic acids is 1. The highest BCUT2D eigenvalue weighted by Gasteiger charge is 2.31. The molecule has 2 rings (SSSR count). The van der Waals surface area contributed by atoms with E-state index in [1.807, 2.05) is 13.8 Å². The summed E-state index contributed by atoms with van der Waals surface area (Å²) in [6.45, 7) is 3.68. The first-order chi connectivity index (χ1) is 9.67. The van der Waals surface area contributed by atoms with Gasteiger partial charge in [0.05, 0.1) is 17.5 Å². The smallest absolute Gasteiger partial charge is 0.396 e. The normalized spacial score (nSPS) is 12.0. The summed E-state index contributed by atoms with van der Waals surface area (Å²) >= 11 is 0. The van der Waals surface area contributed by atoms with Gasteiger partial charge >= 0.3 is 12.1 Å². The molecule has 1 aromatic heterocycles. The van der Waals surface area contributed by atoms with Crippen molar-refractivity contribution in [1.29, 1.82) is 0 Å². The lowest BCUT2D eigenvalue weighted by Crippen LogP contribution is -2.17. The number of halogens is 3. The van der Waals surface area contributed by atoms with E-state index in [4.69, 9.17) is 5.11 Å². The molecule has 0 fully saturated rings. The Morgan fingerprint density at radius 1 is 1.29 bits per heavy atom. The van der Waals surface area contributed by atoms with Crippen molar-refractivity contribution in [1.82, 2.24) is 9.55 Å². The molecule has 4 nitrogen and oxygen atoms in total. The third kappa shape index (κ3) is 3.53. The molecule has 0 saturated carbocycles. The van der Waals surface area contributed by atoms with Crippen LogP contribution in [0.5, 0.6) is 0 Å². The fourth-order valence-electron chi connectivity index (χ4n) is 2.20. The molecule has 114 valence electrons. The van der Waals surface area contributed by atoms with Gasteiger partial charge < -0.3 is 9.67 Å². The molecule has 0 aliphatic heterocycles. The van der Waals surface area contributed by atoms with E-state index in [1.54, 1.807) is 12.1 Å². The van der Waals surface area contributed by atoms with E-state index in [0.717, 1.165) is 11.1 Å². The topological polar surface area (TPSA) is 55.1 Å². The number of fused-ring (bicyclic) bond motifs is 1. The van der Waals surface area contributed by atoms with Gasteiger partial charge in [-0.25, -0.2) is 4.98 Å². The number of aromatic nitrogens is 2. The van der Waals surface area contributed by atoms with E-state index in [0.29, 0.717) is 11.0 Å². The third-order valence-corrected chi connectivity index (χ3v) is 3.35. The molecule has 0 amide bonds. The lowest BCUT2D eigenvalue weighted by atomic mass is 10.1. The Morgan fingerprint density at radius 3 is 2.48 bits per heavy atom. The second kappa shape index (κ2) is 5.38. The number of aryl methyl sites for hydroxylation is 3. The van der Waals surface area contributed by atoms with E-state index >= 15 is 0 Å². The summed E-state index contributed by atoms with van der Waals surface area (Å²) in [6, 6.07) is 3.47. The zero-order valence-electron chi connectivity index (χ0n) is 11.7. The number of hydrogen-bond acceptors (Lipinski definition) is 2. The van der Waals surface area contributed by atoms with Crippen molar-refractivity contribution in [3.05, 3.63) is 29.1 Å². The molecule has 0 aliphatic rings. The van der Waals surface area contributed by atoms with Gasteiger partial charge in [0, 0.05) is 6.54 Å². The van der Waals surface area contributed by atoms with E-state index in [1.165, 1.54) is 4.57 Å². The number of alkyl halides is 3. The van der Waals surface area contributed by atoms with Crippen LogP contribution in [0.25, 0.3) is 11.0 Å². The van der Waals surface area contributed by atoms with Crippen LogP contribution in [0, 0.1) is 13.8 Å². The van der Waals surface area contributed by atoms with Crippen molar-refractivity contribution in [3.63, 3.8) is 0 Å². The zero-order valence-corrected chi connectivity index (χ0v) is 11.7. The number of rotatable bonds is 4. The average Bonchev–Trinajstić information content (AvgIpc) is 2.62. The number of nitrogens with zero attached hydrogens (tertiary/aromatic N) is 2. The summed E-state index contributed by atoms with van der Waals surface area (Å²) in [6.07, 6.45) is -5.80. The summed E-state index contributed by atoms with van der Waals surface area (Å²) < 4.78 is 39.3. The first-order valence-corrected chi connectivity index (χ1v) is 6.42. The number of hydrogen-bond donors (Lipinski definition) is 1. The Bertz CT molecular complexity index is 690. The second-order valence-corrected chi connectivity index (χ2v) is 5.04. The van der Waals surface area contributed by atoms with Gasteiger partial charge in [0.2, 0.25) is 0 Å². The van der Waals surface area contributed by atoms with Crippen LogP contribution in [0.15, 0.2) is 12.1 Å². The van der Waals surface area contributed by atoms with Gasteiger partial charge in [0.15, 0.2) is 0 Å². The maximum Gasteiger partial charge on any atom is 0.396 e. The molecule has 0 bridgehead atoms. The van der Waals surface area contributed by atoms with Crippen LogP contribution < -0.4 is 0 Å². The Morgan fingerprint density at radius 2 is 1.90 bits per heavy atom. The van der Waals surface area contributed by atoms with Gasteiger partial charge in [-0.15, -0.1) is 0 Å². The van der Waals surface area contributed by atoms with Crippen LogP contribution in [0.4, 0.5) is 13.2 Å². The molecule has 2 aromatic rings. The van der Waals surface area contributed by atoms with Crippen molar-refractivity contribution in [3.8, 4) is 0 Å². The molecule has 0 radical (unpaired) electrons. The van der Waals surface area contributed by atoms with Crippen LogP contribution in [-0.2, 0) is 17.8 Å². The summed E-state index contributed by atoms with van der Waals surface area (Å²) in [5.74, 6) is -1.21. The standard InChI is InChI=1S/C14H15F3N2O2/c1-8-5-10-11(6-9(8)2)19(4-3-13(20)21)12(18-10)7-14(15,16)17/h5-6H,3-4,7H2,1-2H3,(H,20,21). The molecule has 0 saturated heterocycles. The monoisotopic (exact) mass is 300 g/mol. The Hall–Kier alpha value is -2.05. The molecule has 21 heavy (non-hydrogen) atoms. The molecule has 0 aliphatic carbocycles. The van der Waals surface area contributed by atoms with Crippen molar-refractivity contribution < 1.29 is 23.1 Å². The van der Waals surface area contributed by atoms with Gasteiger partial charge in [-0.1, -0.05) is 0 Å². The molecule has 1 N–H and O–H groups in total. The predicted octanol–water partition coefficient (Wildman–Crippen LogP) is 3.23. The van der Waals surface area contributed by atoms with Gasteiger partial charge in [-0.2, -0.15) is 13.2 Å². The van der Waals surface area contributed by atoms with Crippen molar-refractivity contribution >= 4 is 17.0 Å². The first-order valence-electron chi connectivity index (χ1n) is 6.42. The number of carboxylic acids is 1. The summed E-state index contributed by atoms with van der Waals surface area (Å²) in [5, 5.41) is 8.75. The van der Waals surface area contributed by atoms with Gasteiger partial charge in [0.1, 0.15) is 12.2 Å². The molecule has 1 heterocycles. The maximum atomic E-state index is 12.6. The minimum absolute atomic E-state index is 0.0280. The van der Waals surface area contributed by atoms with E-state index in [2.05, 4.69) is 4.98 Å². The van der Waals surface area contributed by atoms with Crippen LogP contribution >= 0.6 is 0 Å². The highest BCUT2D eigenvalue weighted by atomic mass is 19.4. The molecule has 0 spiro atoms. The van der Waals surface area contributed by atoms with Crippen molar-refractivity contribution in [2.45, 2.75) is 39.4 Å². The summed E-state index contributed by atoms with van der Waals surface area (Å²) in [4.78, 5) is 14.7. The molecule has 1 aromatic carbocycles. The lowest BCUT2D eigenvalue weighted by molar-refractivity contribution is -0.137. The first kappa shape index (κ1) is 15.3. The second-order valence-electron chi connectivity index (χ2n) is 5.04. The predicted molar refractivity (Wildman–Crippen MR) is 71.2 cm³/mol. The van der Waals surface area contributed by atoms with Crippen molar-refractivity contribution in [2.75, 3.05) is 0 Å². The van der Waals surface area contributed by atoms with Crippen LogP contribution in [0.3, 0.4) is 0 Å². The largest absolute Gasteiger partial charge is 0.481 e.